The number of anilines is 1. The van der Waals surface area contributed by atoms with Crippen molar-refractivity contribution >= 4 is 17.6 Å². The maximum absolute atomic E-state index is 13.4. The van der Waals surface area contributed by atoms with E-state index in [2.05, 4.69) is 5.32 Å². The first-order chi connectivity index (χ1) is 8.29. The van der Waals surface area contributed by atoms with Gasteiger partial charge in [-0.1, -0.05) is 0 Å². The molecule has 18 heavy (non-hydrogen) atoms. The minimum Gasteiger partial charge on any atom is -0.481 e. The summed E-state index contributed by atoms with van der Waals surface area (Å²) in [6, 6.07) is 2.60. The molecule has 0 aliphatic carbocycles. The number of carbonyl (C=O) groups is 2. The van der Waals surface area contributed by atoms with Crippen molar-refractivity contribution in [3.8, 4) is 0 Å². The van der Waals surface area contributed by atoms with Crippen LogP contribution in [0.3, 0.4) is 0 Å². The zero-order chi connectivity index (χ0) is 13.5. The smallest absolute Gasteiger partial charge is 0.309 e. The standard InChI is InChI=1S/C13H14FNO3/c1-13(2,12(17)18)6-8-4-9(14)3-7-5-10(16)15-11(7)8/h3-4H,5-6H2,1-2H3,(H,15,16)(H,17,18). The fourth-order valence-corrected chi connectivity index (χ4v) is 2.07. The normalized spacial score (nSPS) is 14.3. The SMILES string of the molecule is CC(C)(Cc1cc(F)cc2c1NC(=O)C2)C(=O)O. The first-order valence-corrected chi connectivity index (χ1v) is 5.64. The number of rotatable bonds is 3. The summed E-state index contributed by atoms with van der Waals surface area (Å²) in [5.74, 6) is -1.59. The lowest BCUT2D eigenvalue weighted by Crippen LogP contribution is -2.26. The lowest BCUT2D eigenvalue weighted by Gasteiger charge is -2.20. The van der Waals surface area contributed by atoms with Gasteiger partial charge in [-0.3, -0.25) is 9.59 Å². The number of carboxylic acid groups (broad SMARTS) is 1. The quantitative estimate of drug-likeness (QED) is 0.863. The number of carboxylic acids is 1. The Morgan fingerprint density at radius 3 is 2.78 bits per heavy atom. The number of aliphatic carboxylic acids is 1. The zero-order valence-electron chi connectivity index (χ0n) is 10.2. The van der Waals surface area contributed by atoms with E-state index in [1.165, 1.54) is 12.1 Å². The van der Waals surface area contributed by atoms with Gasteiger partial charge >= 0.3 is 5.97 Å². The van der Waals surface area contributed by atoms with Crippen LogP contribution in [0.5, 0.6) is 0 Å². The molecule has 0 saturated carbocycles. The maximum atomic E-state index is 13.4. The van der Waals surface area contributed by atoms with Gasteiger partial charge < -0.3 is 10.4 Å². The number of hydrogen-bond acceptors (Lipinski definition) is 2. The van der Waals surface area contributed by atoms with Gasteiger partial charge in [-0.2, -0.15) is 0 Å². The summed E-state index contributed by atoms with van der Waals surface area (Å²) in [6.45, 7) is 3.15. The van der Waals surface area contributed by atoms with E-state index in [4.69, 9.17) is 5.11 Å². The lowest BCUT2D eigenvalue weighted by molar-refractivity contribution is -0.146. The molecule has 1 aromatic carbocycles. The third kappa shape index (κ3) is 2.20. The third-order valence-electron chi connectivity index (χ3n) is 3.09. The van der Waals surface area contributed by atoms with Crippen LogP contribution in [0.4, 0.5) is 10.1 Å². The summed E-state index contributed by atoms with van der Waals surface area (Å²) < 4.78 is 13.4. The number of nitrogens with one attached hydrogen (secondary N) is 1. The second-order valence-electron chi connectivity index (χ2n) is 5.19. The molecular formula is C13H14FNO3. The van der Waals surface area contributed by atoms with E-state index < -0.39 is 17.2 Å². The molecule has 0 radical (unpaired) electrons. The Kier molecular flexibility index (Phi) is 2.84. The largest absolute Gasteiger partial charge is 0.481 e. The highest BCUT2D eigenvalue weighted by atomic mass is 19.1. The zero-order valence-corrected chi connectivity index (χ0v) is 10.2. The number of hydrogen-bond donors (Lipinski definition) is 2. The van der Waals surface area contributed by atoms with Crippen LogP contribution < -0.4 is 5.32 Å². The van der Waals surface area contributed by atoms with Crippen LogP contribution in [0.2, 0.25) is 0 Å². The molecule has 2 rings (SSSR count). The van der Waals surface area contributed by atoms with Crippen LogP contribution in [-0.2, 0) is 22.4 Å². The van der Waals surface area contributed by atoms with E-state index in [0.717, 1.165) is 0 Å². The van der Waals surface area contributed by atoms with E-state index >= 15 is 0 Å². The van der Waals surface area contributed by atoms with Crippen molar-refractivity contribution in [1.82, 2.24) is 0 Å². The van der Waals surface area contributed by atoms with E-state index in [9.17, 15) is 14.0 Å². The summed E-state index contributed by atoms with van der Waals surface area (Å²) in [4.78, 5) is 22.4. The van der Waals surface area contributed by atoms with Crippen LogP contribution >= 0.6 is 0 Å². The predicted molar refractivity (Wildman–Crippen MR) is 63.9 cm³/mol. The molecule has 0 fully saturated rings. The molecule has 0 saturated heterocycles. The molecule has 0 unspecified atom stereocenters. The molecule has 1 amide bonds. The number of halogens is 1. The third-order valence-corrected chi connectivity index (χ3v) is 3.09. The van der Waals surface area contributed by atoms with Gasteiger partial charge in [0.1, 0.15) is 5.82 Å². The summed E-state index contributed by atoms with van der Waals surface area (Å²) in [6.07, 6.45) is 0.316. The molecule has 0 atom stereocenters. The Hall–Kier alpha value is -1.91. The molecule has 0 bridgehead atoms. The number of carbonyl (C=O) groups excluding carboxylic acids is 1. The van der Waals surface area contributed by atoms with E-state index in [-0.39, 0.29) is 18.7 Å². The minimum atomic E-state index is -1.01. The van der Waals surface area contributed by atoms with Crippen molar-refractivity contribution in [3.05, 3.63) is 29.1 Å². The molecule has 4 nitrogen and oxygen atoms in total. The minimum absolute atomic E-state index is 0.146. The molecule has 2 N–H and O–H groups in total. The Bertz CT molecular complexity index is 537. The molecular weight excluding hydrogens is 237 g/mol. The van der Waals surface area contributed by atoms with Gasteiger partial charge in [-0.15, -0.1) is 0 Å². The summed E-state index contributed by atoms with van der Waals surface area (Å²) in [5, 5.41) is 11.7. The Morgan fingerprint density at radius 1 is 1.50 bits per heavy atom. The molecule has 0 aromatic heterocycles. The molecule has 0 spiro atoms. The van der Waals surface area contributed by atoms with Crippen LogP contribution in [0, 0.1) is 11.2 Å². The topological polar surface area (TPSA) is 66.4 Å². The Balaban J connectivity index is 2.41. The van der Waals surface area contributed by atoms with Crippen molar-refractivity contribution in [1.29, 1.82) is 0 Å². The van der Waals surface area contributed by atoms with Gasteiger partial charge in [0.2, 0.25) is 5.91 Å². The van der Waals surface area contributed by atoms with Crippen LogP contribution in [0.25, 0.3) is 0 Å². The second kappa shape index (κ2) is 4.08. The molecule has 1 heterocycles. The Labute approximate surface area is 104 Å². The van der Waals surface area contributed by atoms with Crippen molar-refractivity contribution in [3.63, 3.8) is 0 Å². The van der Waals surface area contributed by atoms with Crippen LogP contribution in [0.1, 0.15) is 25.0 Å². The molecule has 1 aromatic rings. The van der Waals surface area contributed by atoms with Crippen LogP contribution in [0.15, 0.2) is 12.1 Å². The summed E-state index contributed by atoms with van der Waals surface area (Å²) >= 11 is 0. The second-order valence-corrected chi connectivity index (χ2v) is 5.19. The number of amides is 1. The van der Waals surface area contributed by atoms with Gasteiger partial charge in [0.25, 0.3) is 0 Å². The number of fused-ring (bicyclic) bond motifs is 1. The van der Waals surface area contributed by atoms with Gasteiger partial charge in [-0.25, -0.2) is 4.39 Å². The highest BCUT2D eigenvalue weighted by molar-refractivity contribution is 6.00. The molecule has 1 aliphatic heterocycles. The monoisotopic (exact) mass is 251 g/mol. The highest BCUT2D eigenvalue weighted by Gasteiger charge is 2.31. The van der Waals surface area contributed by atoms with Crippen molar-refractivity contribution < 1.29 is 19.1 Å². The average molecular weight is 251 g/mol. The van der Waals surface area contributed by atoms with Crippen molar-refractivity contribution in [2.75, 3.05) is 5.32 Å². The van der Waals surface area contributed by atoms with Gasteiger partial charge in [-0.05, 0) is 43.5 Å². The van der Waals surface area contributed by atoms with Crippen molar-refractivity contribution in [2.24, 2.45) is 5.41 Å². The highest BCUT2D eigenvalue weighted by Crippen LogP contribution is 2.33. The summed E-state index contributed by atoms with van der Waals surface area (Å²) in [5.41, 5.74) is 0.685. The first-order valence-electron chi connectivity index (χ1n) is 5.64. The molecule has 1 aliphatic rings. The van der Waals surface area contributed by atoms with Gasteiger partial charge in [0.05, 0.1) is 11.8 Å². The summed E-state index contributed by atoms with van der Waals surface area (Å²) in [7, 11) is 0. The fraction of sp³-hybridized carbons (Fsp3) is 0.385. The predicted octanol–water partition coefficient (Wildman–Crippen LogP) is 1.97. The van der Waals surface area contributed by atoms with Crippen LogP contribution in [-0.4, -0.2) is 17.0 Å². The maximum Gasteiger partial charge on any atom is 0.309 e. The van der Waals surface area contributed by atoms with E-state index in [1.807, 2.05) is 0 Å². The first kappa shape index (κ1) is 12.5. The van der Waals surface area contributed by atoms with E-state index in [0.29, 0.717) is 16.8 Å². The Morgan fingerprint density at radius 2 is 2.17 bits per heavy atom. The molecule has 5 heteroatoms. The fourth-order valence-electron chi connectivity index (χ4n) is 2.07. The van der Waals surface area contributed by atoms with Gasteiger partial charge in [0.15, 0.2) is 0 Å². The van der Waals surface area contributed by atoms with Crippen molar-refractivity contribution in [2.45, 2.75) is 26.7 Å². The molecule has 96 valence electrons. The number of benzene rings is 1. The average Bonchev–Trinajstić information content (AvgIpc) is 2.57. The van der Waals surface area contributed by atoms with Gasteiger partial charge in [0, 0.05) is 5.69 Å². The lowest BCUT2D eigenvalue weighted by atomic mass is 9.85. The van der Waals surface area contributed by atoms with E-state index in [1.54, 1.807) is 13.8 Å².